The second-order valence-electron chi connectivity index (χ2n) is 7.07. The highest BCUT2D eigenvalue weighted by Gasteiger charge is 2.38. The van der Waals surface area contributed by atoms with Crippen LogP contribution in [0.15, 0.2) is 58.2 Å². The van der Waals surface area contributed by atoms with Crippen LogP contribution in [-0.2, 0) is 4.84 Å². The lowest BCUT2D eigenvalue weighted by Gasteiger charge is -2.21. The molecule has 3 aromatic rings. The Morgan fingerprint density at radius 3 is 2.59 bits per heavy atom. The molecule has 1 atom stereocenters. The van der Waals surface area contributed by atoms with Crippen molar-refractivity contribution < 1.29 is 14.2 Å². The number of carbonyl (C=O) groups excluding carboxylic acids is 1. The van der Waals surface area contributed by atoms with Crippen molar-refractivity contribution in [3.8, 4) is 11.1 Å². The first kappa shape index (κ1) is 18.9. The van der Waals surface area contributed by atoms with Gasteiger partial charge in [-0.15, -0.1) is 0 Å². The number of oxime groups is 1. The van der Waals surface area contributed by atoms with E-state index in [9.17, 15) is 4.79 Å². The topological polar surface area (TPSA) is 80.8 Å². The molecule has 1 fully saturated rings. The van der Waals surface area contributed by atoms with Gasteiger partial charge in [0.25, 0.3) is 5.91 Å². The van der Waals surface area contributed by atoms with Crippen molar-refractivity contribution in [1.29, 1.82) is 0 Å². The van der Waals surface area contributed by atoms with Crippen LogP contribution in [0.5, 0.6) is 0 Å². The quantitative estimate of drug-likeness (QED) is 0.630. The molecular formula is C22H22N4O3. The van der Waals surface area contributed by atoms with Crippen LogP contribution in [0.25, 0.3) is 11.1 Å². The smallest absolute Gasteiger partial charge is 0.254 e. The Morgan fingerprint density at radius 2 is 1.93 bits per heavy atom. The van der Waals surface area contributed by atoms with Crippen molar-refractivity contribution in [2.75, 3.05) is 13.7 Å². The van der Waals surface area contributed by atoms with Gasteiger partial charge < -0.3 is 14.3 Å². The molecular weight excluding hydrogens is 368 g/mol. The standard InChI is InChI=1S/C22H22N4O3/c1-14-6-4-5-7-19(14)16-8-10-17(11-9-16)22(27)26-13-18(25-28-3)12-20(26)21-23-15(2)24-29-21/h4-11,20H,12-13H2,1-3H3/b25-18+/t20-/m0/s1. The van der Waals surface area contributed by atoms with Gasteiger partial charge in [0.1, 0.15) is 13.2 Å². The fourth-order valence-electron chi connectivity index (χ4n) is 3.64. The van der Waals surface area contributed by atoms with Gasteiger partial charge in [0.15, 0.2) is 5.82 Å². The molecule has 2 aromatic carbocycles. The molecule has 1 aliphatic rings. The minimum atomic E-state index is -0.353. The van der Waals surface area contributed by atoms with E-state index >= 15 is 0 Å². The first-order chi connectivity index (χ1) is 14.1. The number of amides is 1. The van der Waals surface area contributed by atoms with Gasteiger partial charge in [-0.25, -0.2) is 0 Å². The average molecular weight is 390 g/mol. The Morgan fingerprint density at radius 1 is 1.17 bits per heavy atom. The first-order valence-electron chi connectivity index (χ1n) is 9.43. The van der Waals surface area contributed by atoms with Crippen LogP contribution in [0.1, 0.15) is 40.1 Å². The number of hydrogen-bond acceptors (Lipinski definition) is 6. The maximum atomic E-state index is 13.2. The van der Waals surface area contributed by atoms with E-state index in [2.05, 4.69) is 34.4 Å². The van der Waals surface area contributed by atoms with E-state index in [0.29, 0.717) is 30.2 Å². The third-order valence-corrected chi connectivity index (χ3v) is 5.06. The molecule has 0 spiro atoms. The zero-order chi connectivity index (χ0) is 20.4. The highest BCUT2D eigenvalue weighted by Crippen LogP contribution is 2.32. The highest BCUT2D eigenvalue weighted by molar-refractivity contribution is 6.00. The predicted octanol–water partition coefficient (Wildman–Crippen LogP) is 3.94. The zero-order valence-electron chi connectivity index (χ0n) is 16.6. The molecule has 0 unspecified atom stereocenters. The molecule has 0 radical (unpaired) electrons. The molecule has 0 saturated carbocycles. The number of likely N-dealkylation sites (tertiary alicyclic amines) is 1. The Kier molecular flexibility index (Phi) is 5.12. The summed E-state index contributed by atoms with van der Waals surface area (Å²) in [4.78, 5) is 24.2. The van der Waals surface area contributed by atoms with Crippen molar-refractivity contribution >= 4 is 11.6 Å². The SMILES string of the molecule is CO/N=C1\C[C@@H](c2nc(C)no2)N(C(=O)c2ccc(-c3ccccc3C)cc2)C1. The molecule has 7 nitrogen and oxygen atoms in total. The minimum Gasteiger partial charge on any atom is -0.399 e. The highest BCUT2D eigenvalue weighted by atomic mass is 16.6. The number of aromatic nitrogens is 2. The summed E-state index contributed by atoms with van der Waals surface area (Å²) in [6.07, 6.45) is 0.502. The number of benzene rings is 2. The molecule has 0 bridgehead atoms. The van der Waals surface area contributed by atoms with Crippen LogP contribution in [0.2, 0.25) is 0 Å². The lowest BCUT2D eigenvalue weighted by molar-refractivity contribution is 0.0713. The lowest BCUT2D eigenvalue weighted by Crippen LogP contribution is -2.31. The molecule has 1 amide bonds. The lowest BCUT2D eigenvalue weighted by atomic mass is 9.99. The van der Waals surface area contributed by atoms with Gasteiger partial charge in [-0.1, -0.05) is 46.7 Å². The Labute approximate surface area is 169 Å². The summed E-state index contributed by atoms with van der Waals surface area (Å²) in [6.45, 7) is 4.19. The summed E-state index contributed by atoms with van der Waals surface area (Å²) in [6, 6.07) is 15.5. The fourth-order valence-corrected chi connectivity index (χ4v) is 3.64. The molecule has 1 saturated heterocycles. The molecule has 0 N–H and O–H groups in total. The van der Waals surface area contributed by atoms with Crippen LogP contribution in [0.4, 0.5) is 0 Å². The van der Waals surface area contributed by atoms with E-state index in [0.717, 1.165) is 16.8 Å². The van der Waals surface area contributed by atoms with Gasteiger partial charge >= 0.3 is 0 Å². The number of hydrogen-bond donors (Lipinski definition) is 0. The molecule has 1 aliphatic heterocycles. The number of nitrogens with zero attached hydrogens (tertiary/aromatic N) is 4. The molecule has 0 aliphatic carbocycles. The maximum Gasteiger partial charge on any atom is 0.254 e. The first-order valence-corrected chi connectivity index (χ1v) is 9.43. The van der Waals surface area contributed by atoms with Crippen LogP contribution in [0.3, 0.4) is 0 Å². The molecule has 29 heavy (non-hydrogen) atoms. The number of rotatable bonds is 4. The summed E-state index contributed by atoms with van der Waals surface area (Å²) in [7, 11) is 1.49. The summed E-state index contributed by atoms with van der Waals surface area (Å²) in [5.74, 6) is 0.837. The summed E-state index contributed by atoms with van der Waals surface area (Å²) in [5, 5.41) is 7.89. The largest absolute Gasteiger partial charge is 0.399 e. The van der Waals surface area contributed by atoms with E-state index in [4.69, 9.17) is 9.36 Å². The third-order valence-electron chi connectivity index (χ3n) is 5.06. The molecule has 2 heterocycles. The number of carbonyl (C=O) groups is 1. The second-order valence-corrected chi connectivity index (χ2v) is 7.07. The molecule has 148 valence electrons. The zero-order valence-corrected chi connectivity index (χ0v) is 16.6. The van der Waals surface area contributed by atoms with Gasteiger partial charge in [0, 0.05) is 12.0 Å². The van der Waals surface area contributed by atoms with Crippen molar-refractivity contribution in [1.82, 2.24) is 15.0 Å². The number of aryl methyl sites for hydroxylation is 2. The Bertz CT molecular complexity index is 1060. The second kappa shape index (κ2) is 7.87. The predicted molar refractivity (Wildman–Crippen MR) is 108 cm³/mol. The van der Waals surface area contributed by atoms with E-state index in [-0.39, 0.29) is 11.9 Å². The van der Waals surface area contributed by atoms with Gasteiger partial charge in [-0.05, 0) is 42.7 Å². The average Bonchev–Trinajstić information content (AvgIpc) is 3.34. The monoisotopic (exact) mass is 390 g/mol. The van der Waals surface area contributed by atoms with Crippen LogP contribution >= 0.6 is 0 Å². The van der Waals surface area contributed by atoms with E-state index in [1.54, 1.807) is 11.8 Å². The van der Waals surface area contributed by atoms with Crippen molar-refractivity contribution in [3.05, 3.63) is 71.4 Å². The van der Waals surface area contributed by atoms with Gasteiger partial charge in [-0.2, -0.15) is 4.98 Å². The molecule has 1 aromatic heterocycles. The fraction of sp³-hybridized carbons (Fsp3) is 0.273. The summed E-state index contributed by atoms with van der Waals surface area (Å²) in [5.41, 5.74) is 4.78. The van der Waals surface area contributed by atoms with Gasteiger partial charge in [0.05, 0.1) is 12.3 Å². The van der Waals surface area contributed by atoms with E-state index in [1.807, 2.05) is 36.4 Å². The Balaban J connectivity index is 1.61. The minimum absolute atomic E-state index is 0.108. The third kappa shape index (κ3) is 3.76. The van der Waals surface area contributed by atoms with E-state index in [1.165, 1.54) is 12.7 Å². The molecule has 4 rings (SSSR count). The maximum absolute atomic E-state index is 13.2. The van der Waals surface area contributed by atoms with Crippen molar-refractivity contribution in [2.24, 2.45) is 5.16 Å². The van der Waals surface area contributed by atoms with Crippen molar-refractivity contribution in [2.45, 2.75) is 26.3 Å². The van der Waals surface area contributed by atoms with E-state index < -0.39 is 0 Å². The molecule has 7 heteroatoms. The Hall–Kier alpha value is -3.48. The normalized spacial score (nSPS) is 17.7. The summed E-state index contributed by atoms with van der Waals surface area (Å²) < 4.78 is 5.33. The van der Waals surface area contributed by atoms with Crippen LogP contribution in [-0.4, -0.2) is 40.3 Å². The van der Waals surface area contributed by atoms with Gasteiger partial charge in [0.2, 0.25) is 5.89 Å². The van der Waals surface area contributed by atoms with Crippen molar-refractivity contribution in [3.63, 3.8) is 0 Å². The van der Waals surface area contributed by atoms with Crippen LogP contribution < -0.4 is 0 Å². The summed E-state index contributed by atoms with van der Waals surface area (Å²) >= 11 is 0. The van der Waals surface area contributed by atoms with Gasteiger partial charge in [-0.3, -0.25) is 4.79 Å². The van der Waals surface area contributed by atoms with Crippen LogP contribution in [0, 0.1) is 13.8 Å².